The van der Waals surface area contributed by atoms with Crippen LogP contribution in [0.2, 0.25) is 0 Å². The lowest BCUT2D eigenvalue weighted by Gasteiger charge is -2.33. The van der Waals surface area contributed by atoms with Crippen molar-refractivity contribution in [2.24, 2.45) is 0 Å². The third-order valence-electron chi connectivity index (χ3n) is 5.24. The normalized spacial score (nSPS) is 17.2. The van der Waals surface area contributed by atoms with E-state index in [4.69, 9.17) is 9.47 Å². The zero-order valence-electron chi connectivity index (χ0n) is 17.0. The lowest BCUT2D eigenvalue weighted by Crippen LogP contribution is -2.36. The van der Waals surface area contributed by atoms with E-state index in [-0.39, 0.29) is 12.5 Å². The van der Waals surface area contributed by atoms with Gasteiger partial charge in [-0.3, -0.25) is 9.69 Å². The number of carbonyl (C=O) groups excluding carboxylic acids is 1. The van der Waals surface area contributed by atoms with Gasteiger partial charge < -0.3 is 14.8 Å². The van der Waals surface area contributed by atoms with Gasteiger partial charge in [0, 0.05) is 18.3 Å². The number of hydrogen-bond donors (Lipinski definition) is 1. The van der Waals surface area contributed by atoms with Gasteiger partial charge >= 0.3 is 0 Å². The van der Waals surface area contributed by atoms with Crippen molar-refractivity contribution in [3.8, 4) is 11.5 Å². The lowest BCUT2D eigenvalue weighted by molar-refractivity contribution is -0.118. The van der Waals surface area contributed by atoms with Gasteiger partial charge in [-0.1, -0.05) is 24.6 Å². The Morgan fingerprint density at radius 2 is 1.93 bits per heavy atom. The summed E-state index contributed by atoms with van der Waals surface area (Å²) >= 11 is 0. The third-order valence-corrected chi connectivity index (χ3v) is 5.24. The predicted octanol–water partition coefficient (Wildman–Crippen LogP) is 4.40. The van der Waals surface area contributed by atoms with E-state index in [1.807, 2.05) is 37.3 Å². The first kappa shape index (κ1) is 20.2. The molecule has 5 nitrogen and oxygen atoms in total. The minimum Gasteiger partial charge on any atom is -0.493 e. The largest absolute Gasteiger partial charge is 0.493 e. The monoisotopic (exact) mass is 382 g/mol. The molecule has 1 aliphatic rings. The van der Waals surface area contributed by atoms with Crippen LogP contribution < -0.4 is 14.8 Å². The molecular weight excluding hydrogens is 352 g/mol. The number of benzene rings is 2. The number of anilines is 1. The van der Waals surface area contributed by atoms with E-state index < -0.39 is 0 Å². The topological polar surface area (TPSA) is 50.8 Å². The van der Waals surface area contributed by atoms with Crippen molar-refractivity contribution in [1.29, 1.82) is 0 Å². The highest BCUT2D eigenvalue weighted by molar-refractivity contribution is 5.91. The average molecular weight is 383 g/mol. The maximum atomic E-state index is 12.2. The fourth-order valence-corrected chi connectivity index (χ4v) is 3.55. The zero-order chi connectivity index (χ0) is 19.9. The van der Waals surface area contributed by atoms with E-state index in [1.54, 1.807) is 7.11 Å². The second kappa shape index (κ2) is 9.60. The van der Waals surface area contributed by atoms with E-state index >= 15 is 0 Å². The Hall–Kier alpha value is -2.53. The summed E-state index contributed by atoms with van der Waals surface area (Å²) in [7, 11) is 1.59. The van der Waals surface area contributed by atoms with Gasteiger partial charge in [0.15, 0.2) is 18.1 Å². The molecule has 1 fully saturated rings. The third kappa shape index (κ3) is 5.49. The highest BCUT2D eigenvalue weighted by Crippen LogP contribution is 2.27. The number of nitrogens with one attached hydrogen (secondary N) is 1. The number of aryl methyl sites for hydroxylation is 1. The molecule has 2 aromatic rings. The number of rotatable bonds is 7. The molecule has 150 valence electrons. The van der Waals surface area contributed by atoms with Crippen LogP contribution >= 0.6 is 0 Å². The molecule has 1 unspecified atom stereocenters. The number of hydrogen-bond acceptors (Lipinski definition) is 4. The SMILES string of the molecule is COc1cc(C)ccc1OCC(=O)Nc1ccc(CN2CCCCC2C)cc1. The first-order valence-electron chi connectivity index (χ1n) is 9.95. The van der Waals surface area contributed by atoms with Gasteiger partial charge in [0.25, 0.3) is 5.91 Å². The molecule has 0 saturated carbocycles. The highest BCUT2D eigenvalue weighted by atomic mass is 16.5. The smallest absolute Gasteiger partial charge is 0.262 e. The van der Waals surface area contributed by atoms with Crippen LogP contribution in [0.15, 0.2) is 42.5 Å². The number of methoxy groups -OCH3 is 1. The molecule has 3 rings (SSSR count). The van der Waals surface area contributed by atoms with Crippen molar-refractivity contribution in [3.63, 3.8) is 0 Å². The molecule has 0 aliphatic carbocycles. The molecule has 2 aromatic carbocycles. The van der Waals surface area contributed by atoms with Crippen LogP contribution in [-0.2, 0) is 11.3 Å². The first-order valence-corrected chi connectivity index (χ1v) is 9.95. The number of piperidine rings is 1. The van der Waals surface area contributed by atoms with E-state index in [2.05, 4.69) is 29.3 Å². The number of carbonyl (C=O) groups is 1. The van der Waals surface area contributed by atoms with Crippen LogP contribution in [-0.4, -0.2) is 37.1 Å². The van der Waals surface area contributed by atoms with Crippen molar-refractivity contribution >= 4 is 11.6 Å². The molecule has 1 heterocycles. The van der Waals surface area contributed by atoms with Crippen LogP contribution in [0.5, 0.6) is 11.5 Å². The summed E-state index contributed by atoms with van der Waals surface area (Å²) in [6, 6.07) is 14.3. The standard InChI is InChI=1S/C23H30N2O3/c1-17-7-12-21(22(14-17)27-3)28-16-23(26)24-20-10-8-19(9-11-20)15-25-13-5-4-6-18(25)2/h7-12,14,18H,4-6,13,15-16H2,1-3H3,(H,24,26). The van der Waals surface area contributed by atoms with Gasteiger partial charge in [0.1, 0.15) is 0 Å². The maximum absolute atomic E-state index is 12.2. The summed E-state index contributed by atoms with van der Waals surface area (Å²) in [6.45, 7) is 6.35. The second-order valence-electron chi connectivity index (χ2n) is 7.50. The fourth-order valence-electron chi connectivity index (χ4n) is 3.55. The first-order chi connectivity index (χ1) is 13.5. The zero-order valence-corrected chi connectivity index (χ0v) is 17.0. The molecule has 0 aromatic heterocycles. The fraction of sp³-hybridized carbons (Fsp3) is 0.435. The predicted molar refractivity (Wildman–Crippen MR) is 112 cm³/mol. The Labute approximate surface area is 167 Å². The van der Waals surface area contributed by atoms with Crippen LogP contribution in [0, 0.1) is 6.92 Å². The lowest BCUT2D eigenvalue weighted by atomic mass is 10.0. The molecule has 1 atom stereocenters. The van der Waals surface area contributed by atoms with E-state index in [0.717, 1.165) is 17.8 Å². The second-order valence-corrected chi connectivity index (χ2v) is 7.50. The van der Waals surface area contributed by atoms with Crippen LogP contribution in [0.4, 0.5) is 5.69 Å². The molecule has 28 heavy (non-hydrogen) atoms. The summed E-state index contributed by atoms with van der Waals surface area (Å²) in [5.74, 6) is 0.998. The van der Waals surface area contributed by atoms with Gasteiger partial charge in [-0.25, -0.2) is 0 Å². The van der Waals surface area contributed by atoms with Crippen LogP contribution in [0.1, 0.15) is 37.3 Å². The van der Waals surface area contributed by atoms with E-state index in [1.165, 1.54) is 31.4 Å². The Kier molecular flexibility index (Phi) is 6.93. The number of ether oxygens (including phenoxy) is 2. The van der Waals surface area contributed by atoms with Crippen molar-refractivity contribution in [1.82, 2.24) is 4.90 Å². The Morgan fingerprint density at radius 3 is 2.64 bits per heavy atom. The van der Waals surface area contributed by atoms with Gasteiger partial charge in [-0.05, 0) is 68.6 Å². The minimum absolute atomic E-state index is 0.0630. The van der Waals surface area contributed by atoms with Crippen molar-refractivity contribution in [3.05, 3.63) is 53.6 Å². The van der Waals surface area contributed by atoms with Crippen molar-refractivity contribution in [2.75, 3.05) is 25.6 Å². The summed E-state index contributed by atoms with van der Waals surface area (Å²) in [4.78, 5) is 14.7. The molecule has 1 aliphatic heterocycles. The summed E-state index contributed by atoms with van der Waals surface area (Å²) in [5, 5.41) is 2.88. The van der Waals surface area contributed by atoms with Gasteiger partial charge in [-0.2, -0.15) is 0 Å². The molecule has 1 N–H and O–H groups in total. The maximum Gasteiger partial charge on any atom is 0.262 e. The van der Waals surface area contributed by atoms with Gasteiger partial charge in [0.05, 0.1) is 7.11 Å². The number of nitrogens with zero attached hydrogens (tertiary/aromatic N) is 1. The summed E-state index contributed by atoms with van der Waals surface area (Å²) < 4.78 is 10.9. The van der Waals surface area contributed by atoms with Crippen molar-refractivity contribution in [2.45, 2.75) is 45.7 Å². The van der Waals surface area contributed by atoms with E-state index in [0.29, 0.717) is 17.5 Å². The molecular formula is C23H30N2O3. The van der Waals surface area contributed by atoms with Crippen molar-refractivity contribution < 1.29 is 14.3 Å². The molecule has 0 radical (unpaired) electrons. The number of amides is 1. The van der Waals surface area contributed by atoms with Gasteiger partial charge in [0.2, 0.25) is 0 Å². The van der Waals surface area contributed by atoms with Crippen LogP contribution in [0.3, 0.4) is 0 Å². The number of likely N-dealkylation sites (tertiary alicyclic amines) is 1. The molecule has 1 amide bonds. The summed E-state index contributed by atoms with van der Waals surface area (Å²) in [5.41, 5.74) is 3.12. The summed E-state index contributed by atoms with van der Waals surface area (Å²) in [6.07, 6.45) is 3.89. The molecule has 5 heteroatoms. The average Bonchev–Trinajstić information content (AvgIpc) is 2.70. The molecule has 1 saturated heterocycles. The Bertz CT molecular complexity index is 789. The quantitative estimate of drug-likeness (QED) is 0.771. The Balaban J connectivity index is 1.50. The van der Waals surface area contributed by atoms with Crippen LogP contribution in [0.25, 0.3) is 0 Å². The van der Waals surface area contributed by atoms with Gasteiger partial charge in [-0.15, -0.1) is 0 Å². The Morgan fingerprint density at radius 1 is 1.14 bits per heavy atom. The van der Waals surface area contributed by atoms with E-state index in [9.17, 15) is 4.79 Å². The highest BCUT2D eigenvalue weighted by Gasteiger charge is 2.18. The molecule has 0 bridgehead atoms. The minimum atomic E-state index is -0.194. The molecule has 0 spiro atoms.